The Hall–Kier alpha value is -1.06. The number of guanidine groups is 1. The molecule has 0 aromatic carbocycles. The maximum absolute atomic E-state index is 12.1. The van der Waals surface area contributed by atoms with Crippen LogP contribution in [0, 0.1) is 0 Å². The monoisotopic (exact) mass is 496 g/mol. The predicted molar refractivity (Wildman–Crippen MR) is 120 cm³/mol. The first-order valence-electron chi connectivity index (χ1n) is 9.71. The van der Waals surface area contributed by atoms with E-state index in [0.29, 0.717) is 31.9 Å². The van der Waals surface area contributed by atoms with Gasteiger partial charge in [0.1, 0.15) is 6.10 Å². The second-order valence-corrected chi connectivity index (χ2v) is 7.89. The van der Waals surface area contributed by atoms with Crippen LogP contribution in [0.3, 0.4) is 0 Å². The van der Waals surface area contributed by atoms with Crippen molar-refractivity contribution in [1.82, 2.24) is 15.5 Å². The van der Waals surface area contributed by atoms with Crippen molar-refractivity contribution in [3.05, 3.63) is 0 Å². The average Bonchev–Trinajstić information content (AvgIpc) is 3.01. The van der Waals surface area contributed by atoms with E-state index in [1.165, 1.54) is 0 Å². The molecule has 1 saturated carbocycles. The van der Waals surface area contributed by atoms with E-state index >= 15 is 0 Å². The molecule has 0 aromatic heterocycles. The molecule has 1 amide bonds. The number of amides is 1. The summed E-state index contributed by atoms with van der Waals surface area (Å²) in [6.45, 7) is 9.31. The van der Waals surface area contributed by atoms with Crippen LogP contribution < -0.4 is 10.6 Å². The Labute approximate surface area is 181 Å². The maximum atomic E-state index is 12.1. The van der Waals surface area contributed by atoms with Crippen molar-refractivity contribution in [1.29, 1.82) is 0 Å². The zero-order valence-corrected chi connectivity index (χ0v) is 19.8. The van der Waals surface area contributed by atoms with Gasteiger partial charge < -0.3 is 20.3 Å². The van der Waals surface area contributed by atoms with Gasteiger partial charge in [0.15, 0.2) is 5.96 Å². The van der Waals surface area contributed by atoms with Gasteiger partial charge in [-0.2, -0.15) is 0 Å². The van der Waals surface area contributed by atoms with Gasteiger partial charge in [-0.15, -0.1) is 24.0 Å². The Balaban J connectivity index is 0.00000676. The second-order valence-electron chi connectivity index (χ2n) is 7.89. The summed E-state index contributed by atoms with van der Waals surface area (Å²) in [6, 6.07) is 0. The highest BCUT2D eigenvalue weighted by molar-refractivity contribution is 14.0. The van der Waals surface area contributed by atoms with Crippen LogP contribution in [0.15, 0.2) is 4.99 Å². The molecule has 0 heterocycles. The quantitative estimate of drug-likeness (QED) is 0.178. The topological polar surface area (TPSA) is 83.0 Å². The highest BCUT2D eigenvalue weighted by Crippen LogP contribution is 2.21. The summed E-state index contributed by atoms with van der Waals surface area (Å²) in [5.74, 6) is 0.487. The SMILES string of the molecule is CCNC(=NCCCC(=O)OC1CCCC1)N(C)CC(=O)NC(C)(C)C.I. The van der Waals surface area contributed by atoms with Crippen LogP contribution in [-0.4, -0.2) is 61.1 Å². The van der Waals surface area contributed by atoms with E-state index in [1.807, 2.05) is 34.7 Å². The number of esters is 1. The number of hydrogen-bond acceptors (Lipinski definition) is 4. The van der Waals surface area contributed by atoms with E-state index in [9.17, 15) is 9.59 Å². The van der Waals surface area contributed by atoms with Crippen molar-refractivity contribution in [2.75, 3.05) is 26.7 Å². The van der Waals surface area contributed by atoms with Gasteiger partial charge in [0.25, 0.3) is 0 Å². The van der Waals surface area contributed by atoms with Gasteiger partial charge in [-0.25, -0.2) is 0 Å². The predicted octanol–water partition coefficient (Wildman–Crippen LogP) is 2.68. The molecule has 0 saturated heterocycles. The molecule has 158 valence electrons. The summed E-state index contributed by atoms with van der Waals surface area (Å²) < 4.78 is 5.45. The molecule has 0 spiro atoms. The molecule has 0 radical (unpaired) electrons. The minimum Gasteiger partial charge on any atom is -0.462 e. The van der Waals surface area contributed by atoms with Crippen LogP contribution in [0.4, 0.5) is 0 Å². The summed E-state index contributed by atoms with van der Waals surface area (Å²) in [5.41, 5.74) is -0.257. The molecule has 7 nitrogen and oxygen atoms in total. The van der Waals surface area contributed by atoms with Crippen molar-refractivity contribution >= 4 is 41.8 Å². The number of hydrogen-bond donors (Lipinski definition) is 2. The molecule has 0 aliphatic heterocycles. The molecule has 0 aromatic rings. The van der Waals surface area contributed by atoms with Gasteiger partial charge in [0, 0.05) is 32.1 Å². The van der Waals surface area contributed by atoms with E-state index in [-0.39, 0.29) is 54.0 Å². The molecule has 1 aliphatic rings. The summed E-state index contributed by atoms with van der Waals surface area (Å²) in [5, 5.41) is 6.12. The Morgan fingerprint density at radius 2 is 1.85 bits per heavy atom. The van der Waals surface area contributed by atoms with Crippen molar-refractivity contribution in [2.45, 2.75) is 77.9 Å². The number of likely N-dealkylation sites (N-methyl/N-ethyl adjacent to an activating group) is 1. The van der Waals surface area contributed by atoms with E-state index in [2.05, 4.69) is 15.6 Å². The molecule has 0 atom stereocenters. The van der Waals surface area contributed by atoms with Crippen LogP contribution >= 0.6 is 24.0 Å². The number of halogens is 1. The van der Waals surface area contributed by atoms with Gasteiger partial charge >= 0.3 is 5.97 Å². The minimum absolute atomic E-state index is 0. The largest absolute Gasteiger partial charge is 0.462 e. The third kappa shape index (κ3) is 12.1. The number of carbonyl (C=O) groups excluding carboxylic acids is 2. The lowest BCUT2D eigenvalue weighted by atomic mass is 10.1. The van der Waals surface area contributed by atoms with Gasteiger partial charge in [0.2, 0.25) is 5.91 Å². The maximum Gasteiger partial charge on any atom is 0.306 e. The van der Waals surface area contributed by atoms with Crippen LogP contribution in [0.2, 0.25) is 0 Å². The van der Waals surface area contributed by atoms with E-state index in [0.717, 1.165) is 25.7 Å². The molecule has 2 N–H and O–H groups in total. The summed E-state index contributed by atoms with van der Waals surface area (Å²) in [6.07, 6.45) is 5.45. The lowest BCUT2D eigenvalue weighted by Crippen LogP contribution is -2.48. The first-order valence-corrected chi connectivity index (χ1v) is 9.71. The zero-order chi connectivity index (χ0) is 19.6. The van der Waals surface area contributed by atoms with E-state index < -0.39 is 0 Å². The fourth-order valence-corrected chi connectivity index (χ4v) is 2.88. The lowest BCUT2D eigenvalue weighted by molar-refractivity contribution is -0.148. The van der Waals surface area contributed by atoms with Crippen LogP contribution in [0.25, 0.3) is 0 Å². The number of carbonyl (C=O) groups is 2. The number of rotatable bonds is 8. The molecular weight excluding hydrogens is 459 g/mol. The van der Waals surface area contributed by atoms with Crippen molar-refractivity contribution in [2.24, 2.45) is 4.99 Å². The fourth-order valence-electron chi connectivity index (χ4n) is 2.88. The Morgan fingerprint density at radius 1 is 1.22 bits per heavy atom. The molecule has 1 fully saturated rings. The van der Waals surface area contributed by atoms with E-state index in [4.69, 9.17) is 4.74 Å². The van der Waals surface area contributed by atoms with Crippen LogP contribution in [-0.2, 0) is 14.3 Å². The van der Waals surface area contributed by atoms with E-state index in [1.54, 1.807) is 4.90 Å². The molecule has 27 heavy (non-hydrogen) atoms. The van der Waals surface area contributed by atoms with Crippen molar-refractivity contribution in [3.63, 3.8) is 0 Å². The number of nitrogens with zero attached hydrogens (tertiary/aromatic N) is 2. The summed E-state index contributed by atoms with van der Waals surface area (Å²) in [7, 11) is 1.83. The van der Waals surface area contributed by atoms with Gasteiger partial charge in [-0.1, -0.05) is 0 Å². The highest BCUT2D eigenvalue weighted by atomic mass is 127. The average molecular weight is 496 g/mol. The first-order chi connectivity index (χ1) is 12.2. The van der Waals surface area contributed by atoms with Gasteiger partial charge in [-0.05, 0) is 59.8 Å². The third-order valence-corrected chi connectivity index (χ3v) is 3.99. The Morgan fingerprint density at radius 3 is 2.41 bits per heavy atom. The highest BCUT2D eigenvalue weighted by Gasteiger charge is 2.19. The summed E-state index contributed by atoms with van der Waals surface area (Å²) >= 11 is 0. The van der Waals surface area contributed by atoms with Crippen molar-refractivity contribution in [3.8, 4) is 0 Å². The molecule has 1 rings (SSSR count). The Kier molecular flexibility index (Phi) is 12.7. The smallest absolute Gasteiger partial charge is 0.306 e. The molecule has 0 unspecified atom stereocenters. The van der Waals surface area contributed by atoms with Gasteiger partial charge in [-0.3, -0.25) is 14.6 Å². The second kappa shape index (κ2) is 13.2. The lowest BCUT2D eigenvalue weighted by Gasteiger charge is -2.25. The zero-order valence-electron chi connectivity index (χ0n) is 17.5. The molecule has 0 bridgehead atoms. The van der Waals surface area contributed by atoms with Crippen LogP contribution in [0.1, 0.15) is 66.2 Å². The first kappa shape index (κ1) is 25.9. The number of aliphatic imine (C=N–C) groups is 1. The fraction of sp³-hybridized carbons (Fsp3) is 0.842. The standard InChI is InChI=1S/C19H36N4O3.HI/c1-6-20-18(23(5)14-16(24)22-19(2,3)4)21-13-9-12-17(25)26-15-10-7-8-11-15;/h15H,6-14H2,1-5H3,(H,20,21)(H,22,24);1H. The van der Waals surface area contributed by atoms with Crippen molar-refractivity contribution < 1.29 is 14.3 Å². The number of ether oxygens (including phenoxy) is 1. The molecule has 8 heteroatoms. The molecule has 1 aliphatic carbocycles. The minimum atomic E-state index is -0.257. The summed E-state index contributed by atoms with van der Waals surface area (Å²) in [4.78, 5) is 30.2. The van der Waals surface area contributed by atoms with Gasteiger partial charge in [0.05, 0.1) is 6.54 Å². The van der Waals surface area contributed by atoms with Crippen LogP contribution in [0.5, 0.6) is 0 Å². The molecular formula is C19H37IN4O3. The third-order valence-electron chi connectivity index (χ3n) is 3.99. The number of nitrogens with one attached hydrogen (secondary N) is 2. The normalized spacial score (nSPS) is 15.1. The Bertz CT molecular complexity index is 486.